The van der Waals surface area contributed by atoms with E-state index in [-0.39, 0.29) is 0 Å². The maximum absolute atomic E-state index is 4.82. The summed E-state index contributed by atoms with van der Waals surface area (Å²) in [5.41, 5.74) is 3.54. The van der Waals surface area contributed by atoms with Gasteiger partial charge in [0, 0.05) is 24.3 Å². The van der Waals surface area contributed by atoms with Gasteiger partial charge in [-0.15, -0.1) is 0 Å². The van der Waals surface area contributed by atoms with Crippen molar-refractivity contribution in [1.29, 1.82) is 0 Å². The Kier molecular flexibility index (Phi) is 4.18. The molecule has 0 saturated carbocycles. The summed E-state index contributed by atoms with van der Waals surface area (Å²) in [5.74, 6) is 1.83. The molecule has 1 aliphatic carbocycles. The summed E-state index contributed by atoms with van der Waals surface area (Å²) in [5, 5.41) is 3.48. The molecule has 2 aromatic rings. The Bertz CT molecular complexity index is 617. The van der Waals surface area contributed by atoms with Crippen molar-refractivity contribution in [2.75, 3.05) is 11.9 Å². The van der Waals surface area contributed by atoms with Gasteiger partial charge < -0.3 is 9.88 Å². The molecule has 2 aromatic heterocycles. The molecule has 1 aliphatic rings. The van der Waals surface area contributed by atoms with E-state index in [0.717, 1.165) is 49.7 Å². The van der Waals surface area contributed by atoms with E-state index in [2.05, 4.69) is 28.7 Å². The van der Waals surface area contributed by atoms with Crippen molar-refractivity contribution in [2.24, 2.45) is 0 Å². The predicted octanol–water partition coefficient (Wildman–Crippen LogP) is 3.06. The van der Waals surface area contributed by atoms with Crippen LogP contribution < -0.4 is 5.32 Å². The first-order chi connectivity index (χ1) is 10.3. The fourth-order valence-electron chi connectivity index (χ4n) is 2.86. The summed E-state index contributed by atoms with van der Waals surface area (Å²) in [4.78, 5) is 13.8. The van der Waals surface area contributed by atoms with E-state index in [4.69, 9.17) is 9.97 Å². The first kappa shape index (κ1) is 14.0. The highest BCUT2D eigenvalue weighted by Gasteiger charge is 2.19. The van der Waals surface area contributed by atoms with Crippen molar-refractivity contribution in [3.05, 3.63) is 23.8 Å². The minimum Gasteiger partial charge on any atom is -0.370 e. The van der Waals surface area contributed by atoms with Gasteiger partial charge in [0.25, 0.3) is 0 Å². The summed E-state index contributed by atoms with van der Waals surface area (Å²) in [6.45, 7) is 6.12. The molecular weight excluding hydrogens is 262 g/mol. The third-order valence-electron chi connectivity index (χ3n) is 4.01. The van der Waals surface area contributed by atoms with E-state index in [0.29, 0.717) is 0 Å². The third-order valence-corrected chi connectivity index (χ3v) is 4.01. The van der Waals surface area contributed by atoms with E-state index in [1.807, 2.05) is 12.5 Å². The molecule has 0 aromatic carbocycles. The minimum atomic E-state index is 0.800. The zero-order chi connectivity index (χ0) is 14.7. The smallest absolute Gasteiger partial charge is 0.180 e. The van der Waals surface area contributed by atoms with Crippen molar-refractivity contribution in [3.63, 3.8) is 0 Å². The SMILES string of the molecule is CCCNc1nc(-c2cncn2CC)nc2c1CCCC2. The standard InChI is InChI=1S/C16H23N5/c1-3-9-18-15-12-7-5-6-8-13(12)19-16(20-15)14-10-17-11-21(14)4-2/h10-11H,3-9H2,1-2H3,(H,18,19,20). The van der Waals surface area contributed by atoms with Crippen LogP contribution >= 0.6 is 0 Å². The number of aromatic nitrogens is 4. The molecule has 3 rings (SSSR count). The fourth-order valence-corrected chi connectivity index (χ4v) is 2.86. The van der Waals surface area contributed by atoms with Gasteiger partial charge in [0.1, 0.15) is 11.5 Å². The lowest BCUT2D eigenvalue weighted by Crippen LogP contribution is -2.14. The monoisotopic (exact) mass is 285 g/mol. The maximum atomic E-state index is 4.82. The van der Waals surface area contributed by atoms with E-state index in [1.165, 1.54) is 24.1 Å². The first-order valence-electron chi connectivity index (χ1n) is 7.97. The van der Waals surface area contributed by atoms with E-state index >= 15 is 0 Å². The number of hydrogen-bond acceptors (Lipinski definition) is 4. The van der Waals surface area contributed by atoms with Gasteiger partial charge in [-0.25, -0.2) is 15.0 Å². The van der Waals surface area contributed by atoms with Crippen molar-refractivity contribution in [3.8, 4) is 11.5 Å². The molecule has 5 nitrogen and oxygen atoms in total. The topological polar surface area (TPSA) is 55.6 Å². The minimum absolute atomic E-state index is 0.800. The zero-order valence-electron chi connectivity index (χ0n) is 12.9. The molecule has 0 fully saturated rings. The largest absolute Gasteiger partial charge is 0.370 e. The van der Waals surface area contributed by atoms with Crippen LogP contribution in [0.15, 0.2) is 12.5 Å². The van der Waals surface area contributed by atoms with Crippen molar-refractivity contribution < 1.29 is 0 Å². The van der Waals surface area contributed by atoms with Crippen LogP contribution in [-0.4, -0.2) is 26.1 Å². The Balaban J connectivity index is 2.05. The van der Waals surface area contributed by atoms with E-state index in [1.54, 1.807) is 0 Å². The number of fused-ring (bicyclic) bond motifs is 1. The zero-order valence-corrected chi connectivity index (χ0v) is 12.9. The molecule has 112 valence electrons. The number of rotatable bonds is 5. The Hall–Kier alpha value is -1.91. The number of aryl methyl sites for hydroxylation is 2. The van der Waals surface area contributed by atoms with Gasteiger partial charge in [-0.05, 0) is 39.0 Å². The van der Waals surface area contributed by atoms with Crippen LogP contribution in [0.2, 0.25) is 0 Å². The molecule has 0 unspecified atom stereocenters. The second-order valence-corrected chi connectivity index (χ2v) is 5.52. The summed E-state index contributed by atoms with van der Waals surface area (Å²) in [6, 6.07) is 0. The maximum Gasteiger partial charge on any atom is 0.180 e. The molecule has 0 amide bonds. The molecule has 21 heavy (non-hydrogen) atoms. The summed E-state index contributed by atoms with van der Waals surface area (Å²) in [6.07, 6.45) is 9.42. The van der Waals surface area contributed by atoms with Crippen LogP contribution in [0.4, 0.5) is 5.82 Å². The lowest BCUT2D eigenvalue weighted by molar-refractivity contribution is 0.662. The number of nitrogens with zero attached hydrogens (tertiary/aromatic N) is 4. The molecule has 0 radical (unpaired) electrons. The molecule has 0 bridgehead atoms. The highest BCUT2D eigenvalue weighted by atomic mass is 15.1. The molecule has 0 spiro atoms. The van der Waals surface area contributed by atoms with Crippen LogP contribution in [0.3, 0.4) is 0 Å². The lowest BCUT2D eigenvalue weighted by atomic mass is 9.96. The second kappa shape index (κ2) is 6.24. The van der Waals surface area contributed by atoms with Crippen LogP contribution in [0.25, 0.3) is 11.5 Å². The number of imidazole rings is 1. The molecule has 2 heterocycles. The van der Waals surface area contributed by atoms with Gasteiger partial charge in [-0.3, -0.25) is 0 Å². The quantitative estimate of drug-likeness (QED) is 0.917. The number of hydrogen-bond donors (Lipinski definition) is 1. The van der Waals surface area contributed by atoms with Crippen LogP contribution in [0, 0.1) is 0 Å². The molecule has 5 heteroatoms. The number of anilines is 1. The van der Waals surface area contributed by atoms with Gasteiger partial charge in [-0.1, -0.05) is 6.92 Å². The van der Waals surface area contributed by atoms with Crippen LogP contribution in [-0.2, 0) is 19.4 Å². The van der Waals surface area contributed by atoms with Crippen molar-refractivity contribution >= 4 is 5.82 Å². The predicted molar refractivity (Wildman–Crippen MR) is 84.3 cm³/mol. The molecular formula is C16H23N5. The van der Waals surface area contributed by atoms with Gasteiger partial charge in [-0.2, -0.15) is 0 Å². The highest BCUT2D eigenvalue weighted by Crippen LogP contribution is 2.28. The van der Waals surface area contributed by atoms with Crippen molar-refractivity contribution in [2.45, 2.75) is 52.5 Å². The van der Waals surface area contributed by atoms with Gasteiger partial charge >= 0.3 is 0 Å². The van der Waals surface area contributed by atoms with Crippen molar-refractivity contribution in [1.82, 2.24) is 19.5 Å². The Morgan fingerprint density at radius 3 is 2.86 bits per heavy atom. The van der Waals surface area contributed by atoms with E-state index in [9.17, 15) is 0 Å². The molecule has 0 aliphatic heterocycles. The molecule has 0 atom stereocenters. The Morgan fingerprint density at radius 1 is 1.19 bits per heavy atom. The van der Waals surface area contributed by atoms with Crippen LogP contribution in [0.5, 0.6) is 0 Å². The first-order valence-corrected chi connectivity index (χ1v) is 7.97. The second-order valence-electron chi connectivity index (χ2n) is 5.52. The van der Waals surface area contributed by atoms with E-state index < -0.39 is 0 Å². The summed E-state index contributed by atoms with van der Waals surface area (Å²) in [7, 11) is 0. The number of nitrogens with one attached hydrogen (secondary N) is 1. The molecule has 1 N–H and O–H groups in total. The summed E-state index contributed by atoms with van der Waals surface area (Å²) < 4.78 is 2.09. The Labute approximate surface area is 125 Å². The summed E-state index contributed by atoms with van der Waals surface area (Å²) >= 11 is 0. The Morgan fingerprint density at radius 2 is 2.05 bits per heavy atom. The van der Waals surface area contributed by atoms with Gasteiger partial charge in [0.15, 0.2) is 5.82 Å². The van der Waals surface area contributed by atoms with Gasteiger partial charge in [0.05, 0.1) is 12.5 Å². The van der Waals surface area contributed by atoms with Crippen LogP contribution in [0.1, 0.15) is 44.4 Å². The average Bonchev–Trinajstić information content (AvgIpc) is 3.01. The normalized spacial score (nSPS) is 14.0. The lowest BCUT2D eigenvalue weighted by Gasteiger charge is -2.20. The average molecular weight is 285 g/mol. The fraction of sp³-hybridized carbons (Fsp3) is 0.562. The highest BCUT2D eigenvalue weighted by molar-refractivity contribution is 5.57. The van der Waals surface area contributed by atoms with Gasteiger partial charge in [0.2, 0.25) is 0 Å². The molecule has 0 saturated heterocycles. The third kappa shape index (κ3) is 2.77.